The second kappa shape index (κ2) is 7.77. The number of fused-ring (bicyclic) bond motifs is 1. The maximum absolute atomic E-state index is 12.7. The molecule has 142 valence electrons. The van der Waals surface area contributed by atoms with E-state index in [1.54, 1.807) is 0 Å². The van der Waals surface area contributed by atoms with E-state index in [9.17, 15) is 4.79 Å². The molecule has 1 atom stereocenters. The van der Waals surface area contributed by atoms with Crippen molar-refractivity contribution in [1.29, 1.82) is 0 Å². The Morgan fingerprint density at radius 1 is 1.19 bits per heavy atom. The van der Waals surface area contributed by atoms with Crippen LogP contribution in [0.1, 0.15) is 53.5 Å². The molecule has 2 aliphatic heterocycles. The van der Waals surface area contributed by atoms with Crippen molar-refractivity contribution in [2.24, 2.45) is 0 Å². The van der Waals surface area contributed by atoms with Crippen molar-refractivity contribution in [3.8, 4) is 0 Å². The van der Waals surface area contributed by atoms with Gasteiger partial charge in [-0.1, -0.05) is 36.2 Å². The normalized spacial score (nSPS) is 20.4. The number of benzene rings is 1. The SMILES string of the molecule is Cc1ccc(CC(=O)N2CCc3nc([C@@H]4CCCCN4C)ncc3C2)cc1. The van der Waals surface area contributed by atoms with Crippen LogP contribution in [0.3, 0.4) is 0 Å². The number of carbonyl (C=O) groups is 1. The molecule has 0 aliphatic carbocycles. The number of amides is 1. The Bertz CT molecular complexity index is 818. The summed E-state index contributed by atoms with van der Waals surface area (Å²) in [4.78, 5) is 26.6. The summed E-state index contributed by atoms with van der Waals surface area (Å²) < 4.78 is 0. The molecule has 5 nitrogen and oxygen atoms in total. The smallest absolute Gasteiger partial charge is 0.227 e. The zero-order valence-electron chi connectivity index (χ0n) is 16.3. The summed E-state index contributed by atoms with van der Waals surface area (Å²) in [6.45, 7) is 4.55. The molecule has 4 rings (SSSR count). The van der Waals surface area contributed by atoms with Gasteiger partial charge in [-0.2, -0.15) is 0 Å². The quantitative estimate of drug-likeness (QED) is 0.840. The first kappa shape index (κ1) is 18.1. The number of rotatable bonds is 3. The lowest BCUT2D eigenvalue weighted by molar-refractivity contribution is -0.131. The largest absolute Gasteiger partial charge is 0.338 e. The van der Waals surface area contributed by atoms with E-state index in [2.05, 4.69) is 36.0 Å². The standard InChI is InChI=1S/C22H28N4O/c1-16-6-8-17(9-7-16)13-21(27)26-12-10-19-18(15-26)14-23-22(24-19)20-5-3-4-11-25(20)2/h6-9,14,20H,3-5,10-13,15H2,1-2H3/t20-/m0/s1. The number of nitrogens with zero attached hydrogens (tertiary/aromatic N) is 4. The highest BCUT2D eigenvalue weighted by Crippen LogP contribution is 2.28. The minimum atomic E-state index is 0.181. The van der Waals surface area contributed by atoms with Crippen molar-refractivity contribution >= 4 is 5.91 Å². The van der Waals surface area contributed by atoms with E-state index in [1.807, 2.05) is 23.2 Å². The summed E-state index contributed by atoms with van der Waals surface area (Å²) in [7, 11) is 2.16. The molecule has 1 aromatic heterocycles. The van der Waals surface area contributed by atoms with Gasteiger partial charge in [0, 0.05) is 31.3 Å². The number of carbonyl (C=O) groups excluding carboxylic acids is 1. The fourth-order valence-corrected chi connectivity index (χ4v) is 4.10. The number of hydrogen-bond acceptors (Lipinski definition) is 4. The fourth-order valence-electron chi connectivity index (χ4n) is 4.10. The predicted molar refractivity (Wildman–Crippen MR) is 105 cm³/mol. The van der Waals surface area contributed by atoms with E-state index in [0.717, 1.165) is 48.6 Å². The van der Waals surface area contributed by atoms with Crippen LogP contribution in [0.25, 0.3) is 0 Å². The molecule has 0 bridgehead atoms. The molecule has 0 N–H and O–H groups in total. The Labute approximate surface area is 161 Å². The Balaban J connectivity index is 1.43. The van der Waals surface area contributed by atoms with Crippen LogP contribution in [0, 0.1) is 6.92 Å². The number of likely N-dealkylation sites (tertiary alicyclic amines) is 1. The minimum absolute atomic E-state index is 0.181. The Morgan fingerprint density at radius 2 is 2.00 bits per heavy atom. The van der Waals surface area contributed by atoms with Crippen LogP contribution in [0.5, 0.6) is 0 Å². The molecule has 1 amide bonds. The Kier molecular flexibility index (Phi) is 5.21. The van der Waals surface area contributed by atoms with Gasteiger partial charge in [-0.15, -0.1) is 0 Å². The second-order valence-electron chi connectivity index (χ2n) is 7.92. The van der Waals surface area contributed by atoms with Crippen molar-refractivity contribution in [3.63, 3.8) is 0 Å². The van der Waals surface area contributed by atoms with Gasteiger partial charge in [-0.3, -0.25) is 9.69 Å². The van der Waals surface area contributed by atoms with Crippen molar-refractivity contribution in [2.75, 3.05) is 20.1 Å². The summed E-state index contributed by atoms with van der Waals surface area (Å²) in [5.74, 6) is 1.14. The highest BCUT2D eigenvalue weighted by molar-refractivity contribution is 5.79. The lowest BCUT2D eigenvalue weighted by Gasteiger charge is -2.33. The Morgan fingerprint density at radius 3 is 2.78 bits per heavy atom. The molecule has 0 unspecified atom stereocenters. The monoisotopic (exact) mass is 364 g/mol. The lowest BCUT2D eigenvalue weighted by Crippen LogP contribution is -2.38. The maximum Gasteiger partial charge on any atom is 0.227 e. The first-order valence-electron chi connectivity index (χ1n) is 9.98. The van der Waals surface area contributed by atoms with E-state index in [-0.39, 0.29) is 5.91 Å². The van der Waals surface area contributed by atoms with Crippen LogP contribution in [-0.2, 0) is 24.2 Å². The third-order valence-electron chi connectivity index (χ3n) is 5.85. The number of aryl methyl sites for hydroxylation is 1. The molecular formula is C22H28N4O. The van der Waals surface area contributed by atoms with Crippen LogP contribution in [0.2, 0.25) is 0 Å². The van der Waals surface area contributed by atoms with Crippen LogP contribution in [0.4, 0.5) is 0 Å². The molecule has 0 radical (unpaired) electrons. The van der Waals surface area contributed by atoms with Crippen LogP contribution < -0.4 is 0 Å². The maximum atomic E-state index is 12.7. The fraction of sp³-hybridized carbons (Fsp3) is 0.500. The number of hydrogen-bond donors (Lipinski definition) is 0. The summed E-state index contributed by atoms with van der Waals surface area (Å²) in [5, 5.41) is 0. The van der Waals surface area contributed by atoms with Crippen LogP contribution >= 0.6 is 0 Å². The molecule has 3 heterocycles. The molecule has 0 spiro atoms. The topological polar surface area (TPSA) is 49.3 Å². The number of piperidine rings is 1. The molecule has 27 heavy (non-hydrogen) atoms. The van der Waals surface area contributed by atoms with Gasteiger partial charge in [0.05, 0.1) is 18.2 Å². The minimum Gasteiger partial charge on any atom is -0.338 e. The van der Waals surface area contributed by atoms with Gasteiger partial charge in [0.1, 0.15) is 5.82 Å². The van der Waals surface area contributed by atoms with E-state index in [0.29, 0.717) is 19.0 Å². The first-order valence-corrected chi connectivity index (χ1v) is 9.98. The number of aromatic nitrogens is 2. The molecule has 1 fully saturated rings. The third kappa shape index (κ3) is 4.03. The zero-order chi connectivity index (χ0) is 18.8. The highest BCUT2D eigenvalue weighted by atomic mass is 16.2. The average molecular weight is 364 g/mol. The molecule has 1 saturated heterocycles. The molecule has 2 aromatic rings. The van der Waals surface area contributed by atoms with Crippen molar-refractivity contribution < 1.29 is 4.79 Å². The average Bonchev–Trinajstić information content (AvgIpc) is 2.69. The van der Waals surface area contributed by atoms with Gasteiger partial charge in [0.15, 0.2) is 0 Å². The highest BCUT2D eigenvalue weighted by Gasteiger charge is 2.26. The summed E-state index contributed by atoms with van der Waals surface area (Å²) in [6.07, 6.45) is 6.87. The van der Waals surface area contributed by atoms with E-state index in [1.165, 1.54) is 18.4 Å². The van der Waals surface area contributed by atoms with Gasteiger partial charge in [-0.25, -0.2) is 9.97 Å². The Hall–Kier alpha value is -2.27. The molecule has 0 saturated carbocycles. The summed E-state index contributed by atoms with van der Waals surface area (Å²) in [6, 6.07) is 8.55. The van der Waals surface area contributed by atoms with E-state index >= 15 is 0 Å². The van der Waals surface area contributed by atoms with Crippen molar-refractivity contribution in [1.82, 2.24) is 19.8 Å². The zero-order valence-corrected chi connectivity index (χ0v) is 16.3. The van der Waals surface area contributed by atoms with E-state index < -0.39 is 0 Å². The van der Waals surface area contributed by atoms with Crippen LogP contribution in [-0.4, -0.2) is 45.8 Å². The molecule has 1 aromatic carbocycles. The summed E-state index contributed by atoms with van der Waals surface area (Å²) in [5.41, 5.74) is 4.51. The third-order valence-corrected chi connectivity index (χ3v) is 5.85. The van der Waals surface area contributed by atoms with Gasteiger partial charge < -0.3 is 4.90 Å². The van der Waals surface area contributed by atoms with Crippen molar-refractivity contribution in [3.05, 3.63) is 58.7 Å². The van der Waals surface area contributed by atoms with Crippen LogP contribution in [0.15, 0.2) is 30.5 Å². The van der Waals surface area contributed by atoms with Gasteiger partial charge in [-0.05, 0) is 38.9 Å². The lowest BCUT2D eigenvalue weighted by atomic mass is 10.0. The van der Waals surface area contributed by atoms with Gasteiger partial charge in [0.25, 0.3) is 0 Å². The molecular weight excluding hydrogens is 336 g/mol. The predicted octanol–water partition coefficient (Wildman–Crippen LogP) is 3.07. The van der Waals surface area contributed by atoms with E-state index in [4.69, 9.17) is 4.98 Å². The van der Waals surface area contributed by atoms with Gasteiger partial charge >= 0.3 is 0 Å². The molecule has 5 heteroatoms. The first-order chi connectivity index (χ1) is 13.1. The van der Waals surface area contributed by atoms with Crippen molar-refractivity contribution in [2.45, 2.75) is 51.6 Å². The van der Waals surface area contributed by atoms with Gasteiger partial charge in [0.2, 0.25) is 5.91 Å². The summed E-state index contributed by atoms with van der Waals surface area (Å²) >= 11 is 0. The molecule has 2 aliphatic rings. The second-order valence-corrected chi connectivity index (χ2v) is 7.92.